The summed E-state index contributed by atoms with van der Waals surface area (Å²) in [4.78, 5) is 0.268. The first kappa shape index (κ1) is 15.7. The van der Waals surface area contributed by atoms with Gasteiger partial charge in [0.15, 0.2) is 0 Å². The zero-order chi connectivity index (χ0) is 15.5. The molecular weight excluding hydrogens is 284 g/mol. The smallest absolute Gasteiger partial charge is 0.240 e. The largest absolute Gasteiger partial charge is 0.326 e. The Labute approximate surface area is 126 Å². The maximum Gasteiger partial charge on any atom is 0.240 e. The second-order valence-corrected chi connectivity index (χ2v) is 6.87. The van der Waals surface area contributed by atoms with E-state index in [1.165, 1.54) is 0 Å². The Morgan fingerprint density at radius 1 is 1.10 bits per heavy atom. The molecule has 2 rings (SSSR count). The molecule has 3 N–H and O–H groups in total. The highest BCUT2D eigenvalue weighted by Crippen LogP contribution is 2.15. The van der Waals surface area contributed by atoms with E-state index in [9.17, 15) is 8.42 Å². The molecule has 21 heavy (non-hydrogen) atoms. The molecule has 0 aromatic heterocycles. The summed E-state index contributed by atoms with van der Waals surface area (Å²) >= 11 is 0. The van der Waals surface area contributed by atoms with Crippen molar-refractivity contribution in [3.8, 4) is 0 Å². The van der Waals surface area contributed by atoms with E-state index in [0.29, 0.717) is 6.54 Å². The van der Waals surface area contributed by atoms with Crippen LogP contribution in [0, 0.1) is 13.8 Å². The lowest BCUT2D eigenvalue weighted by Crippen LogP contribution is -2.23. The fourth-order valence-electron chi connectivity index (χ4n) is 2.15. The van der Waals surface area contributed by atoms with Gasteiger partial charge in [-0.3, -0.25) is 0 Å². The normalized spacial score (nSPS) is 11.6. The van der Waals surface area contributed by atoms with Crippen LogP contribution in [0.2, 0.25) is 0 Å². The number of aryl methyl sites for hydroxylation is 2. The maximum atomic E-state index is 12.3. The summed E-state index contributed by atoms with van der Waals surface area (Å²) in [5, 5.41) is 0. The van der Waals surface area contributed by atoms with Crippen molar-refractivity contribution in [3.05, 3.63) is 64.7 Å². The van der Waals surface area contributed by atoms with Gasteiger partial charge in [0.05, 0.1) is 4.90 Å². The lowest BCUT2D eigenvalue weighted by molar-refractivity contribution is 0.581. The molecule has 0 bridgehead atoms. The lowest BCUT2D eigenvalue weighted by atomic mass is 10.1. The van der Waals surface area contributed by atoms with Crippen LogP contribution in [0.25, 0.3) is 0 Å². The van der Waals surface area contributed by atoms with Gasteiger partial charge in [-0.1, -0.05) is 35.9 Å². The number of sulfonamides is 1. The Balaban J connectivity index is 2.17. The van der Waals surface area contributed by atoms with Crippen molar-refractivity contribution in [1.82, 2.24) is 4.72 Å². The van der Waals surface area contributed by atoms with Gasteiger partial charge in [-0.2, -0.15) is 0 Å². The average Bonchev–Trinajstić information content (AvgIpc) is 2.45. The van der Waals surface area contributed by atoms with Crippen molar-refractivity contribution in [1.29, 1.82) is 0 Å². The molecular formula is C16H20N2O2S. The van der Waals surface area contributed by atoms with Gasteiger partial charge in [-0.15, -0.1) is 0 Å². The van der Waals surface area contributed by atoms with Gasteiger partial charge in [0, 0.05) is 13.1 Å². The van der Waals surface area contributed by atoms with Crippen LogP contribution in [-0.2, 0) is 23.1 Å². The van der Waals surface area contributed by atoms with E-state index in [1.807, 2.05) is 38.1 Å². The van der Waals surface area contributed by atoms with E-state index in [1.54, 1.807) is 18.2 Å². The van der Waals surface area contributed by atoms with Crippen molar-refractivity contribution in [3.63, 3.8) is 0 Å². The fraction of sp³-hybridized carbons (Fsp3) is 0.250. The van der Waals surface area contributed by atoms with Gasteiger partial charge >= 0.3 is 0 Å². The lowest BCUT2D eigenvalue weighted by Gasteiger charge is -2.10. The zero-order valence-electron chi connectivity index (χ0n) is 12.3. The van der Waals surface area contributed by atoms with Crippen molar-refractivity contribution < 1.29 is 8.42 Å². The molecule has 0 aliphatic carbocycles. The number of hydrogen-bond donors (Lipinski definition) is 2. The number of nitrogens with one attached hydrogen (secondary N) is 1. The molecule has 0 spiro atoms. The Kier molecular flexibility index (Phi) is 4.77. The van der Waals surface area contributed by atoms with Crippen molar-refractivity contribution in [2.75, 3.05) is 0 Å². The Bertz CT molecular complexity index is 740. The molecule has 0 amide bonds. The quantitative estimate of drug-likeness (QED) is 0.890. The van der Waals surface area contributed by atoms with Gasteiger partial charge in [0.2, 0.25) is 10.0 Å². The topological polar surface area (TPSA) is 72.2 Å². The van der Waals surface area contributed by atoms with Crippen molar-refractivity contribution in [2.24, 2.45) is 5.73 Å². The van der Waals surface area contributed by atoms with Crippen molar-refractivity contribution in [2.45, 2.75) is 31.8 Å². The predicted octanol–water partition coefficient (Wildman–Crippen LogP) is 2.24. The highest BCUT2D eigenvalue weighted by atomic mass is 32.2. The summed E-state index contributed by atoms with van der Waals surface area (Å²) in [7, 11) is -3.51. The van der Waals surface area contributed by atoms with Crippen molar-refractivity contribution >= 4 is 10.0 Å². The number of nitrogens with two attached hydrogens (primary N) is 1. The second-order valence-electron chi connectivity index (χ2n) is 5.11. The van der Waals surface area contributed by atoms with Crippen LogP contribution in [0.4, 0.5) is 0 Å². The number of rotatable bonds is 5. The molecule has 5 heteroatoms. The molecule has 112 valence electrons. The molecule has 4 nitrogen and oxygen atoms in total. The molecule has 0 fully saturated rings. The van der Waals surface area contributed by atoms with E-state index in [4.69, 9.17) is 5.73 Å². The first-order valence-electron chi connectivity index (χ1n) is 6.77. The number of hydrogen-bond acceptors (Lipinski definition) is 3. The average molecular weight is 304 g/mol. The van der Waals surface area contributed by atoms with E-state index >= 15 is 0 Å². The Morgan fingerprint density at radius 2 is 1.86 bits per heavy atom. The molecule has 2 aromatic rings. The molecule has 0 saturated heterocycles. The molecule has 0 heterocycles. The molecule has 0 aliphatic heterocycles. The zero-order valence-corrected chi connectivity index (χ0v) is 13.1. The molecule has 0 unspecified atom stereocenters. The first-order chi connectivity index (χ1) is 9.92. The van der Waals surface area contributed by atoms with Gasteiger partial charge in [0.25, 0.3) is 0 Å². The standard InChI is InChI=1S/C16H20N2O2S/c1-12-4-3-5-14(8-12)11-18-21(19,20)16-7-6-15(10-17)13(2)9-16/h3-9,18H,10-11,17H2,1-2H3. The highest BCUT2D eigenvalue weighted by Gasteiger charge is 2.14. The second kappa shape index (κ2) is 6.39. The third kappa shape index (κ3) is 3.91. The molecule has 0 aliphatic rings. The monoisotopic (exact) mass is 304 g/mol. The van der Waals surface area contributed by atoms with Crippen LogP contribution < -0.4 is 10.5 Å². The summed E-state index contributed by atoms with van der Waals surface area (Å²) in [5.74, 6) is 0. The van der Waals surface area contributed by atoms with E-state index in [0.717, 1.165) is 22.3 Å². The minimum absolute atomic E-state index is 0.268. The predicted molar refractivity (Wildman–Crippen MR) is 84.3 cm³/mol. The summed E-state index contributed by atoms with van der Waals surface area (Å²) in [6, 6.07) is 12.8. The Hall–Kier alpha value is -1.69. The van der Waals surface area contributed by atoms with Crippen LogP contribution in [0.1, 0.15) is 22.3 Å². The van der Waals surface area contributed by atoms with Gasteiger partial charge < -0.3 is 5.73 Å². The van der Waals surface area contributed by atoms with E-state index in [2.05, 4.69) is 4.72 Å². The summed E-state index contributed by atoms with van der Waals surface area (Å²) in [6.07, 6.45) is 0. The van der Waals surface area contributed by atoms with Gasteiger partial charge in [0.1, 0.15) is 0 Å². The van der Waals surface area contributed by atoms with E-state index < -0.39 is 10.0 Å². The van der Waals surface area contributed by atoms with Crippen LogP contribution in [0.5, 0.6) is 0 Å². The fourth-order valence-corrected chi connectivity index (χ4v) is 3.25. The molecule has 0 atom stereocenters. The minimum Gasteiger partial charge on any atom is -0.326 e. The molecule has 0 radical (unpaired) electrons. The molecule has 0 saturated carbocycles. The summed E-state index contributed by atoms with van der Waals surface area (Å²) < 4.78 is 27.2. The third-order valence-corrected chi connectivity index (χ3v) is 4.79. The summed E-state index contributed by atoms with van der Waals surface area (Å²) in [5.41, 5.74) is 9.48. The van der Waals surface area contributed by atoms with Crippen LogP contribution in [-0.4, -0.2) is 8.42 Å². The maximum absolute atomic E-state index is 12.3. The number of benzene rings is 2. The van der Waals surface area contributed by atoms with Crippen LogP contribution in [0.15, 0.2) is 47.4 Å². The van der Waals surface area contributed by atoms with Crippen LogP contribution in [0.3, 0.4) is 0 Å². The first-order valence-corrected chi connectivity index (χ1v) is 8.25. The van der Waals surface area contributed by atoms with Gasteiger partial charge in [-0.05, 0) is 42.7 Å². The minimum atomic E-state index is -3.51. The van der Waals surface area contributed by atoms with Crippen LogP contribution >= 0.6 is 0 Å². The van der Waals surface area contributed by atoms with E-state index in [-0.39, 0.29) is 11.4 Å². The highest BCUT2D eigenvalue weighted by molar-refractivity contribution is 7.89. The Morgan fingerprint density at radius 3 is 2.48 bits per heavy atom. The SMILES string of the molecule is Cc1cccc(CNS(=O)(=O)c2ccc(CN)c(C)c2)c1. The third-order valence-electron chi connectivity index (χ3n) is 3.39. The van der Waals surface area contributed by atoms with Gasteiger partial charge in [-0.25, -0.2) is 13.1 Å². The summed E-state index contributed by atoms with van der Waals surface area (Å²) in [6.45, 7) is 4.53. The molecule has 2 aromatic carbocycles.